The Morgan fingerprint density at radius 3 is 2.50 bits per heavy atom. The first-order valence-electron chi connectivity index (χ1n) is 4.40. The minimum absolute atomic E-state index is 1.03. The zero-order chi connectivity index (χ0) is 8.97. The maximum Gasteiger partial charge on any atom is 0.0519 e. The molecule has 0 spiro atoms. The van der Waals surface area contributed by atoms with Gasteiger partial charge in [-0.25, -0.2) is 0 Å². The first-order chi connectivity index (χ1) is 5.83. The van der Waals surface area contributed by atoms with Gasteiger partial charge in [0.2, 0.25) is 0 Å². The van der Waals surface area contributed by atoms with E-state index in [-0.39, 0.29) is 0 Å². The van der Waals surface area contributed by atoms with E-state index in [1.165, 1.54) is 11.1 Å². The summed E-state index contributed by atoms with van der Waals surface area (Å²) in [6.45, 7) is 4.31. The van der Waals surface area contributed by atoms with Crippen molar-refractivity contribution in [3.05, 3.63) is 29.3 Å². The minimum atomic E-state index is 1.03. The molecule has 0 aliphatic rings. The van der Waals surface area contributed by atoms with Gasteiger partial charge in [-0.2, -0.15) is 0 Å². The monoisotopic (exact) mass is 164 g/mol. The van der Waals surface area contributed by atoms with Gasteiger partial charge in [0.05, 0.1) is 5.69 Å². The maximum atomic E-state index is 5.40. The molecule has 12 heavy (non-hydrogen) atoms. The first kappa shape index (κ1) is 9.07. The smallest absolute Gasteiger partial charge is 0.0519 e. The van der Waals surface area contributed by atoms with Crippen molar-refractivity contribution in [3.8, 4) is 0 Å². The topological polar surface area (TPSA) is 38.0 Å². The lowest BCUT2D eigenvalue weighted by molar-refractivity contribution is 1.03. The fraction of sp³-hybridized carbons (Fsp3) is 0.400. The second-order valence-corrected chi connectivity index (χ2v) is 2.79. The van der Waals surface area contributed by atoms with E-state index in [9.17, 15) is 0 Å². The fourth-order valence-electron chi connectivity index (χ4n) is 1.52. The Morgan fingerprint density at radius 2 is 2.00 bits per heavy atom. The number of hydrogen-bond donors (Lipinski definition) is 2. The van der Waals surface area contributed by atoms with Crippen LogP contribution in [0.25, 0.3) is 0 Å². The summed E-state index contributed by atoms with van der Waals surface area (Å²) < 4.78 is 0. The Hall–Kier alpha value is -1.02. The molecular formula is C10H16N2. The van der Waals surface area contributed by atoms with Crippen LogP contribution in [0.3, 0.4) is 0 Å². The molecule has 1 aromatic carbocycles. The fourth-order valence-corrected chi connectivity index (χ4v) is 1.52. The van der Waals surface area contributed by atoms with Crippen molar-refractivity contribution < 1.29 is 0 Å². The summed E-state index contributed by atoms with van der Waals surface area (Å²) in [4.78, 5) is 0. The lowest BCUT2D eigenvalue weighted by Crippen LogP contribution is -2.10. The van der Waals surface area contributed by atoms with Crippen molar-refractivity contribution >= 4 is 5.69 Å². The highest BCUT2D eigenvalue weighted by Gasteiger charge is 2.02. The second-order valence-electron chi connectivity index (χ2n) is 2.79. The van der Waals surface area contributed by atoms with Crippen molar-refractivity contribution in [1.29, 1.82) is 0 Å². The summed E-state index contributed by atoms with van der Waals surface area (Å²) in [7, 11) is 0. The number of hydrogen-bond acceptors (Lipinski definition) is 2. The van der Waals surface area contributed by atoms with Crippen LogP contribution in [0, 0.1) is 0 Å². The number of anilines is 1. The third-order valence-corrected chi connectivity index (χ3v) is 2.16. The van der Waals surface area contributed by atoms with Crippen LogP contribution in [0.1, 0.15) is 25.0 Å². The highest BCUT2D eigenvalue weighted by atomic mass is 15.2. The van der Waals surface area contributed by atoms with E-state index in [2.05, 4.69) is 25.3 Å². The standard InChI is InChI=1S/C10H16N2/c1-3-8-6-5-7-10(12-11)9(8)4-2/h5-7,12H,3-4,11H2,1-2H3. The number of nitrogens with two attached hydrogens (primary N) is 1. The minimum Gasteiger partial charge on any atom is -0.324 e. The summed E-state index contributed by atoms with van der Waals surface area (Å²) in [6.07, 6.45) is 2.10. The second kappa shape index (κ2) is 4.12. The normalized spacial score (nSPS) is 9.92. The lowest BCUT2D eigenvalue weighted by atomic mass is 10.0. The van der Waals surface area contributed by atoms with Gasteiger partial charge in [0.25, 0.3) is 0 Å². The maximum absolute atomic E-state index is 5.40. The summed E-state index contributed by atoms with van der Waals surface area (Å²) in [6, 6.07) is 6.20. The van der Waals surface area contributed by atoms with Crippen LogP contribution >= 0.6 is 0 Å². The van der Waals surface area contributed by atoms with E-state index in [1.807, 2.05) is 12.1 Å². The summed E-state index contributed by atoms with van der Waals surface area (Å²) in [5.74, 6) is 5.40. The molecule has 0 saturated carbocycles. The van der Waals surface area contributed by atoms with Crippen molar-refractivity contribution in [2.75, 3.05) is 5.43 Å². The van der Waals surface area contributed by atoms with Crippen LogP contribution in [0.15, 0.2) is 18.2 Å². The highest BCUT2D eigenvalue weighted by Crippen LogP contribution is 2.19. The molecule has 3 N–H and O–H groups in total. The zero-order valence-corrected chi connectivity index (χ0v) is 7.72. The van der Waals surface area contributed by atoms with Crippen LogP contribution in [-0.2, 0) is 12.8 Å². The molecule has 0 aliphatic heterocycles. The molecule has 0 radical (unpaired) electrons. The molecule has 1 aromatic rings. The lowest BCUT2D eigenvalue weighted by Gasteiger charge is -2.10. The summed E-state index contributed by atoms with van der Waals surface area (Å²) in [5, 5.41) is 0. The first-order valence-corrected chi connectivity index (χ1v) is 4.40. The van der Waals surface area contributed by atoms with E-state index in [1.54, 1.807) is 0 Å². The van der Waals surface area contributed by atoms with Crippen LogP contribution in [0.5, 0.6) is 0 Å². The molecule has 66 valence electrons. The Bertz CT molecular complexity index is 234. The third-order valence-electron chi connectivity index (χ3n) is 2.16. The molecule has 0 unspecified atom stereocenters. The van der Waals surface area contributed by atoms with Crippen LogP contribution in [0.2, 0.25) is 0 Å². The Kier molecular flexibility index (Phi) is 3.11. The summed E-state index contributed by atoms with van der Waals surface area (Å²) in [5.41, 5.74) is 6.49. The molecule has 2 nitrogen and oxygen atoms in total. The molecule has 0 amide bonds. The Labute approximate surface area is 73.8 Å². The molecule has 0 fully saturated rings. The third kappa shape index (κ3) is 1.59. The van der Waals surface area contributed by atoms with Gasteiger partial charge in [0.15, 0.2) is 0 Å². The predicted molar refractivity (Wildman–Crippen MR) is 53.0 cm³/mol. The number of nitrogen functional groups attached to an aromatic ring is 1. The molecular weight excluding hydrogens is 148 g/mol. The van der Waals surface area contributed by atoms with Crippen LogP contribution in [-0.4, -0.2) is 0 Å². The predicted octanol–water partition coefficient (Wildman–Crippen LogP) is 2.10. The van der Waals surface area contributed by atoms with E-state index in [0.29, 0.717) is 0 Å². The van der Waals surface area contributed by atoms with Crippen LogP contribution in [0.4, 0.5) is 5.69 Å². The molecule has 0 aromatic heterocycles. The van der Waals surface area contributed by atoms with Crippen molar-refractivity contribution in [2.45, 2.75) is 26.7 Å². The van der Waals surface area contributed by atoms with Crippen molar-refractivity contribution in [1.82, 2.24) is 0 Å². The molecule has 2 heteroatoms. The average Bonchev–Trinajstić information content (AvgIpc) is 2.16. The largest absolute Gasteiger partial charge is 0.324 e. The molecule has 0 aliphatic carbocycles. The average molecular weight is 164 g/mol. The molecule has 0 atom stereocenters. The van der Waals surface area contributed by atoms with Crippen LogP contribution < -0.4 is 11.3 Å². The van der Waals surface area contributed by atoms with E-state index < -0.39 is 0 Å². The zero-order valence-electron chi connectivity index (χ0n) is 7.72. The van der Waals surface area contributed by atoms with Gasteiger partial charge < -0.3 is 5.43 Å². The number of rotatable bonds is 3. The van der Waals surface area contributed by atoms with Gasteiger partial charge in [-0.3, -0.25) is 5.84 Å². The molecule has 1 rings (SSSR count). The Balaban J connectivity index is 3.13. The number of aryl methyl sites for hydroxylation is 1. The highest BCUT2D eigenvalue weighted by molar-refractivity contribution is 5.53. The van der Waals surface area contributed by atoms with E-state index in [4.69, 9.17) is 5.84 Å². The van der Waals surface area contributed by atoms with E-state index in [0.717, 1.165) is 18.5 Å². The van der Waals surface area contributed by atoms with Gasteiger partial charge in [-0.05, 0) is 30.0 Å². The van der Waals surface area contributed by atoms with Gasteiger partial charge in [0.1, 0.15) is 0 Å². The van der Waals surface area contributed by atoms with Gasteiger partial charge >= 0.3 is 0 Å². The quantitative estimate of drug-likeness (QED) is 0.530. The molecule has 0 heterocycles. The number of hydrazine groups is 1. The molecule has 0 bridgehead atoms. The van der Waals surface area contributed by atoms with Gasteiger partial charge in [0, 0.05) is 0 Å². The molecule has 0 saturated heterocycles. The van der Waals surface area contributed by atoms with E-state index >= 15 is 0 Å². The number of nitrogens with one attached hydrogen (secondary N) is 1. The van der Waals surface area contributed by atoms with Gasteiger partial charge in [-0.1, -0.05) is 26.0 Å². The Morgan fingerprint density at radius 1 is 1.25 bits per heavy atom. The summed E-state index contributed by atoms with van der Waals surface area (Å²) >= 11 is 0. The number of benzene rings is 1. The van der Waals surface area contributed by atoms with Crippen molar-refractivity contribution in [3.63, 3.8) is 0 Å². The van der Waals surface area contributed by atoms with Crippen molar-refractivity contribution in [2.24, 2.45) is 5.84 Å². The SMILES string of the molecule is CCc1cccc(NN)c1CC. The van der Waals surface area contributed by atoms with Gasteiger partial charge in [-0.15, -0.1) is 0 Å².